The topological polar surface area (TPSA) is 12.0 Å². The van der Waals surface area contributed by atoms with E-state index < -0.39 is 0 Å². The highest BCUT2D eigenvalue weighted by atomic mass is 35.5. The molecular weight excluding hydrogens is 260 g/mol. The van der Waals surface area contributed by atoms with Gasteiger partial charge in [0.25, 0.3) is 0 Å². The van der Waals surface area contributed by atoms with E-state index in [1.807, 2.05) is 0 Å². The molecule has 1 atom stereocenters. The monoisotopic (exact) mass is 277 g/mol. The largest absolute Gasteiger partial charge is 0.312 e. The Balaban J connectivity index is 2.45. The molecule has 1 N–H and O–H groups in total. The summed E-state index contributed by atoms with van der Waals surface area (Å²) in [7, 11) is 0. The van der Waals surface area contributed by atoms with Crippen LogP contribution in [0.3, 0.4) is 0 Å². The summed E-state index contributed by atoms with van der Waals surface area (Å²) < 4.78 is 13.5. The third kappa shape index (κ3) is 4.82. The van der Waals surface area contributed by atoms with Crippen molar-refractivity contribution in [3.63, 3.8) is 0 Å². The summed E-state index contributed by atoms with van der Waals surface area (Å²) in [6, 6.07) is 4.75. The average Bonchev–Trinajstić information content (AvgIpc) is 2.31. The van der Waals surface area contributed by atoms with Crippen molar-refractivity contribution in [2.45, 2.75) is 26.3 Å². The van der Waals surface area contributed by atoms with Crippen molar-refractivity contribution in [1.29, 1.82) is 0 Å². The van der Waals surface area contributed by atoms with E-state index >= 15 is 0 Å². The van der Waals surface area contributed by atoms with Gasteiger partial charge in [-0.2, -0.15) is 0 Å². The molecule has 0 bridgehead atoms. The summed E-state index contributed by atoms with van der Waals surface area (Å²) in [6.07, 6.45) is 2.06. The SMILES string of the molecule is CCC(CCCl)CNCc1c(F)cccc1Cl. The van der Waals surface area contributed by atoms with Crippen LogP contribution in [-0.4, -0.2) is 12.4 Å². The predicted octanol–water partition coefficient (Wildman–Crippen LogP) is 4.22. The maximum absolute atomic E-state index is 13.5. The Kier molecular flexibility index (Phi) is 6.86. The lowest BCUT2D eigenvalue weighted by Gasteiger charge is -2.14. The number of benzene rings is 1. The molecule has 4 heteroatoms. The zero-order valence-corrected chi connectivity index (χ0v) is 11.5. The van der Waals surface area contributed by atoms with Gasteiger partial charge in [0.2, 0.25) is 0 Å². The number of hydrogen-bond donors (Lipinski definition) is 1. The van der Waals surface area contributed by atoms with Gasteiger partial charge < -0.3 is 5.32 Å². The molecule has 0 aliphatic carbocycles. The molecule has 0 saturated heterocycles. The normalized spacial score (nSPS) is 12.7. The van der Waals surface area contributed by atoms with Crippen LogP contribution in [0.2, 0.25) is 5.02 Å². The molecule has 17 heavy (non-hydrogen) atoms. The second-order valence-corrected chi connectivity index (χ2v) is 4.87. The fourth-order valence-electron chi connectivity index (χ4n) is 1.71. The van der Waals surface area contributed by atoms with Gasteiger partial charge >= 0.3 is 0 Å². The summed E-state index contributed by atoms with van der Waals surface area (Å²) >= 11 is 11.7. The highest BCUT2D eigenvalue weighted by Crippen LogP contribution is 2.18. The molecule has 0 spiro atoms. The summed E-state index contributed by atoms with van der Waals surface area (Å²) in [5.41, 5.74) is 0.537. The quantitative estimate of drug-likeness (QED) is 0.736. The van der Waals surface area contributed by atoms with Crippen molar-refractivity contribution in [3.8, 4) is 0 Å². The molecule has 0 radical (unpaired) electrons. The standard InChI is InChI=1S/C13H18Cl2FN/c1-2-10(6-7-14)8-17-9-11-12(15)4-3-5-13(11)16/h3-5,10,17H,2,6-9H2,1H3. The van der Waals surface area contributed by atoms with E-state index in [0.29, 0.717) is 28.9 Å². The van der Waals surface area contributed by atoms with Gasteiger partial charge in [-0.15, -0.1) is 11.6 Å². The summed E-state index contributed by atoms with van der Waals surface area (Å²) in [5, 5.41) is 3.71. The highest BCUT2D eigenvalue weighted by molar-refractivity contribution is 6.31. The Morgan fingerprint density at radius 1 is 1.41 bits per heavy atom. The van der Waals surface area contributed by atoms with Crippen molar-refractivity contribution < 1.29 is 4.39 Å². The second kappa shape index (κ2) is 7.91. The number of hydrogen-bond acceptors (Lipinski definition) is 1. The van der Waals surface area contributed by atoms with Crippen molar-refractivity contribution >= 4 is 23.2 Å². The third-order valence-electron chi connectivity index (χ3n) is 2.89. The Morgan fingerprint density at radius 3 is 2.76 bits per heavy atom. The fraction of sp³-hybridized carbons (Fsp3) is 0.538. The first-order chi connectivity index (χ1) is 8.19. The first kappa shape index (κ1) is 14.7. The smallest absolute Gasteiger partial charge is 0.129 e. The van der Waals surface area contributed by atoms with Gasteiger partial charge in [0.15, 0.2) is 0 Å². The van der Waals surface area contributed by atoms with E-state index in [9.17, 15) is 4.39 Å². The van der Waals surface area contributed by atoms with E-state index in [0.717, 1.165) is 19.4 Å². The van der Waals surface area contributed by atoms with E-state index in [2.05, 4.69) is 12.2 Å². The van der Waals surface area contributed by atoms with Gasteiger partial charge in [0.1, 0.15) is 5.82 Å². The zero-order chi connectivity index (χ0) is 12.7. The molecule has 1 aromatic carbocycles. The molecule has 0 heterocycles. The summed E-state index contributed by atoms with van der Waals surface area (Å²) in [4.78, 5) is 0. The minimum absolute atomic E-state index is 0.254. The van der Waals surface area contributed by atoms with Crippen LogP contribution in [0.5, 0.6) is 0 Å². The number of alkyl halides is 1. The van der Waals surface area contributed by atoms with Gasteiger partial charge in [-0.05, 0) is 31.0 Å². The molecular formula is C13H18Cl2FN. The summed E-state index contributed by atoms with van der Waals surface area (Å²) in [5.74, 6) is 0.953. The van der Waals surface area contributed by atoms with Crippen LogP contribution in [0.25, 0.3) is 0 Å². The Hall–Kier alpha value is -0.310. The van der Waals surface area contributed by atoms with Crippen LogP contribution in [0, 0.1) is 11.7 Å². The van der Waals surface area contributed by atoms with Crippen LogP contribution >= 0.6 is 23.2 Å². The Labute approximate surface area is 112 Å². The van der Waals surface area contributed by atoms with Crippen LogP contribution in [0.4, 0.5) is 4.39 Å². The van der Waals surface area contributed by atoms with Crippen molar-refractivity contribution in [3.05, 3.63) is 34.6 Å². The van der Waals surface area contributed by atoms with Crippen LogP contribution in [0.1, 0.15) is 25.3 Å². The van der Waals surface area contributed by atoms with Crippen molar-refractivity contribution in [2.24, 2.45) is 5.92 Å². The third-order valence-corrected chi connectivity index (χ3v) is 3.46. The lowest BCUT2D eigenvalue weighted by molar-refractivity contribution is 0.448. The minimum atomic E-state index is -0.254. The first-order valence-electron chi connectivity index (χ1n) is 5.88. The highest BCUT2D eigenvalue weighted by Gasteiger charge is 2.08. The van der Waals surface area contributed by atoms with Crippen molar-refractivity contribution in [2.75, 3.05) is 12.4 Å². The molecule has 0 aliphatic heterocycles. The van der Waals surface area contributed by atoms with Crippen LogP contribution < -0.4 is 5.32 Å². The Morgan fingerprint density at radius 2 is 2.18 bits per heavy atom. The maximum Gasteiger partial charge on any atom is 0.129 e. The molecule has 0 saturated carbocycles. The van der Waals surface area contributed by atoms with E-state index in [4.69, 9.17) is 23.2 Å². The second-order valence-electron chi connectivity index (χ2n) is 4.08. The molecule has 1 unspecified atom stereocenters. The van der Waals surface area contributed by atoms with Gasteiger partial charge in [-0.3, -0.25) is 0 Å². The fourth-order valence-corrected chi connectivity index (χ4v) is 2.25. The molecule has 1 nitrogen and oxygen atoms in total. The van der Waals surface area contributed by atoms with Gasteiger partial charge in [-0.25, -0.2) is 4.39 Å². The van der Waals surface area contributed by atoms with E-state index in [-0.39, 0.29) is 5.82 Å². The first-order valence-corrected chi connectivity index (χ1v) is 6.79. The van der Waals surface area contributed by atoms with Gasteiger partial charge in [0, 0.05) is 23.0 Å². The predicted molar refractivity (Wildman–Crippen MR) is 72.2 cm³/mol. The summed E-state index contributed by atoms with van der Waals surface area (Å²) in [6.45, 7) is 3.44. The van der Waals surface area contributed by atoms with Crippen molar-refractivity contribution in [1.82, 2.24) is 5.32 Å². The lowest BCUT2D eigenvalue weighted by Crippen LogP contribution is -2.23. The van der Waals surface area contributed by atoms with Crippen LogP contribution in [0.15, 0.2) is 18.2 Å². The molecule has 0 amide bonds. The molecule has 0 fully saturated rings. The average molecular weight is 278 g/mol. The van der Waals surface area contributed by atoms with Gasteiger partial charge in [0.05, 0.1) is 0 Å². The molecule has 96 valence electrons. The number of nitrogens with one attached hydrogen (secondary N) is 1. The maximum atomic E-state index is 13.5. The number of rotatable bonds is 7. The number of halogens is 3. The Bertz CT molecular complexity index is 324. The van der Waals surface area contributed by atoms with E-state index in [1.165, 1.54) is 6.07 Å². The zero-order valence-electron chi connectivity index (χ0n) is 9.98. The van der Waals surface area contributed by atoms with E-state index in [1.54, 1.807) is 12.1 Å². The molecule has 1 aromatic rings. The van der Waals surface area contributed by atoms with Gasteiger partial charge in [-0.1, -0.05) is 31.0 Å². The minimum Gasteiger partial charge on any atom is -0.312 e. The lowest BCUT2D eigenvalue weighted by atomic mass is 10.0. The van der Waals surface area contributed by atoms with Crippen LogP contribution in [-0.2, 0) is 6.54 Å². The molecule has 0 aliphatic rings. The molecule has 1 rings (SSSR count). The molecule has 0 aromatic heterocycles.